The van der Waals surface area contributed by atoms with Crippen molar-refractivity contribution in [3.63, 3.8) is 0 Å². The number of hydrogen-bond donors (Lipinski definition) is 1. The number of anilines is 1. The highest BCUT2D eigenvalue weighted by Gasteiger charge is 2.34. The lowest BCUT2D eigenvalue weighted by Gasteiger charge is -2.33. The van der Waals surface area contributed by atoms with Crippen LogP contribution in [0.2, 0.25) is 0 Å². The van der Waals surface area contributed by atoms with Crippen LogP contribution >= 0.6 is 0 Å². The van der Waals surface area contributed by atoms with Crippen LogP contribution in [0.15, 0.2) is 6.07 Å². The first kappa shape index (κ1) is 14.8. The topological polar surface area (TPSA) is 47.0 Å². The summed E-state index contributed by atoms with van der Waals surface area (Å²) in [4.78, 5) is 9.66. The molecule has 0 bridgehead atoms. The molecule has 0 radical (unpaired) electrons. The van der Waals surface area contributed by atoms with Crippen LogP contribution in [0.4, 0.5) is 5.82 Å². The summed E-state index contributed by atoms with van der Waals surface area (Å²) >= 11 is 0. The number of nitrogens with one attached hydrogen (secondary N) is 1. The molecule has 1 aliphatic carbocycles. The normalized spacial score (nSPS) is 27.0. The first-order chi connectivity index (χ1) is 10.2. The van der Waals surface area contributed by atoms with Crippen LogP contribution in [-0.2, 0) is 10.3 Å². The van der Waals surface area contributed by atoms with Crippen molar-refractivity contribution in [2.75, 3.05) is 18.5 Å². The van der Waals surface area contributed by atoms with E-state index in [0.717, 1.165) is 37.6 Å². The van der Waals surface area contributed by atoms with Crippen molar-refractivity contribution in [3.8, 4) is 0 Å². The van der Waals surface area contributed by atoms with Gasteiger partial charge in [-0.1, -0.05) is 12.8 Å². The van der Waals surface area contributed by atoms with Crippen LogP contribution in [0.5, 0.6) is 0 Å². The van der Waals surface area contributed by atoms with E-state index in [1.54, 1.807) is 0 Å². The molecule has 1 saturated carbocycles. The van der Waals surface area contributed by atoms with Gasteiger partial charge in [-0.2, -0.15) is 0 Å². The summed E-state index contributed by atoms with van der Waals surface area (Å²) in [6.07, 6.45) is 8.55. The Balaban J connectivity index is 1.94. The number of aromatic nitrogens is 2. The second-order valence-corrected chi connectivity index (χ2v) is 6.55. The van der Waals surface area contributed by atoms with Crippen LogP contribution in [0.25, 0.3) is 0 Å². The maximum absolute atomic E-state index is 6.05. The molecule has 3 rings (SSSR count). The minimum Gasteiger partial charge on any atom is -0.370 e. The molecule has 0 spiro atoms. The quantitative estimate of drug-likeness (QED) is 0.910. The van der Waals surface area contributed by atoms with Gasteiger partial charge in [-0.15, -0.1) is 0 Å². The fraction of sp³-hybridized carbons (Fsp3) is 0.765. The molecule has 1 aromatic rings. The van der Waals surface area contributed by atoms with E-state index in [0.29, 0.717) is 5.92 Å². The molecule has 4 nitrogen and oxygen atoms in total. The van der Waals surface area contributed by atoms with Crippen LogP contribution < -0.4 is 5.32 Å². The van der Waals surface area contributed by atoms with E-state index in [9.17, 15) is 0 Å². The highest BCUT2D eigenvalue weighted by atomic mass is 16.5. The van der Waals surface area contributed by atoms with Crippen molar-refractivity contribution in [1.29, 1.82) is 0 Å². The van der Waals surface area contributed by atoms with E-state index in [-0.39, 0.29) is 5.60 Å². The van der Waals surface area contributed by atoms with Gasteiger partial charge in [0.15, 0.2) is 5.82 Å². The van der Waals surface area contributed by atoms with Crippen molar-refractivity contribution in [3.05, 3.63) is 17.6 Å². The third-order valence-electron chi connectivity index (χ3n) is 4.82. The van der Waals surface area contributed by atoms with Crippen molar-refractivity contribution in [2.45, 2.75) is 70.3 Å². The number of ether oxygens (including phenoxy) is 1. The average molecular weight is 289 g/mol. The first-order valence-corrected chi connectivity index (χ1v) is 8.48. The Morgan fingerprint density at radius 1 is 1.24 bits per heavy atom. The maximum Gasteiger partial charge on any atom is 0.162 e. The minimum atomic E-state index is -0.308. The van der Waals surface area contributed by atoms with Gasteiger partial charge in [-0.25, -0.2) is 9.97 Å². The summed E-state index contributed by atoms with van der Waals surface area (Å²) in [5.74, 6) is 2.44. The Morgan fingerprint density at radius 3 is 2.71 bits per heavy atom. The smallest absolute Gasteiger partial charge is 0.162 e. The zero-order chi connectivity index (χ0) is 14.7. The standard InChI is InChI=1S/C17H27N3O/c1-3-18-15-12-14(13-8-4-5-9-13)19-16(20-15)17(2)10-6-7-11-21-17/h12-13H,3-11H2,1-2H3,(H,18,19,20). The largest absolute Gasteiger partial charge is 0.370 e. The molecule has 2 aliphatic rings. The van der Waals surface area contributed by atoms with Gasteiger partial charge in [0.05, 0.1) is 0 Å². The van der Waals surface area contributed by atoms with E-state index < -0.39 is 0 Å². The molecule has 1 unspecified atom stereocenters. The lowest BCUT2D eigenvalue weighted by molar-refractivity contribution is -0.0761. The Hall–Kier alpha value is -1.16. The lowest BCUT2D eigenvalue weighted by Crippen LogP contribution is -2.33. The molecule has 1 aliphatic heterocycles. The Labute approximate surface area is 127 Å². The number of hydrogen-bond acceptors (Lipinski definition) is 4. The van der Waals surface area contributed by atoms with Gasteiger partial charge in [0.2, 0.25) is 0 Å². The molecule has 116 valence electrons. The van der Waals surface area contributed by atoms with Crippen molar-refractivity contribution in [1.82, 2.24) is 9.97 Å². The molecular weight excluding hydrogens is 262 g/mol. The molecular formula is C17H27N3O. The number of nitrogens with zero attached hydrogens (tertiary/aromatic N) is 2. The molecule has 0 aromatic carbocycles. The van der Waals surface area contributed by atoms with E-state index in [1.807, 2.05) is 0 Å². The van der Waals surface area contributed by atoms with Gasteiger partial charge >= 0.3 is 0 Å². The predicted molar refractivity (Wildman–Crippen MR) is 84.6 cm³/mol. The van der Waals surface area contributed by atoms with Crippen molar-refractivity contribution >= 4 is 5.82 Å². The fourth-order valence-corrected chi connectivity index (χ4v) is 3.52. The summed E-state index contributed by atoms with van der Waals surface area (Å²) in [5.41, 5.74) is 0.903. The molecule has 4 heteroatoms. The fourth-order valence-electron chi connectivity index (χ4n) is 3.52. The van der Waals surface area contributed by atoms with Gasteiger partial charge in [0.1, 0.15) is 11.4 Å². The van der Waals surface area contributed by atoms with Crippen LogP contribution in [0.1, 0.15) is 76.2 Å². The average Bonchev–Trinajstić information content (AvgIpc) is 3.02. The van der Waals surface area contributed by atoms with Crippen LogP contribution in [0, 0.1) is 0 Å². The van der Waals surface area contributed by atoms with Crippen molar-refractivity contribution < 1.29 is 4.74 Å². The summed E-state index contributed by atoms with van der Waals surface area (Å²) in [6.45, 7) is 5.97. The molecule has 1 aromatic heterocycles. The van der Waals surface area contributed by atoms with Gasteiger partial charge in [-0.05, 0) is 46.0 Å². The lowest BCUT2D eigenvalue weighted by atomic mass is 9.94. The molecule has 21 heavy (non-hydrogen) atoms. The second-order valence-electron chi connectivity index (χ2n) is 6.55. The van der Waals surface area contributed by atoms with Gasteiger partial charge in [0, 0.05) is 30.8 Å². The Bertz CT molecular complexity index is 477. The third-order valence-corrected chi connectivity index (χ3v) is 4.82. The molecule has 1 atom stereocenters. The van der Waals surface area contributed by atoms with Crippen molar-refractivity contribution in [2.24, 2.45) is 0 Å². The van der Waals surface area contributed by atoms with Gasteiger partial charge in [-0.3, -0.25) is 0 Å². The third kappa shape index (κ3) is 3.20. The molecule has 0 amide bonds. The summed E-state index contributed by atoms with van der Waals surface area (Å²) in [5, 5.41) is 3.36. The van der Waals surface area contributed by atoms with Gasteiger partial charge in [0.25, 0.3) is 0 Å². The summed E-state index contributed by atoms with van der Waals surface area (Å²) < 4.78 is 6.05. The van der Waals surface area contributed by atoms with Crippen LogP contribution in [-0.4, -0.2) is 23.1 Å². The molecule has 1 saturated heterocycles. The number of rotatable bonds is 4. The zero-order valence-corrected chi connectivity index (χ0v) is 13.3. The summed E-state index contributed by atoms with van der Waals surface area (Å²) in [6, 6.07) is 2.15. The first-order valence-electron chi connectivity index (χ1n) is 8.48. The molecule has 2 fully saturated rings. The van der Waals surface area contributed by atoms with E-state index in [2.05, 4.69) is 25.2 Å². The highest BCUT2D eigenvalue weighted by Crippen LogP contribution is 2.37. The molecule has 2 heterocycles. The van der Waals surface area contributed by atoms with Crippen LogP contribution in [0.3, 0.4) is 0 Å². The Kier molecular flexibility index (Phi) is 4.43. The second kappa shape index (κ2) is 6.30. The predicted octanol–water partition coefficient (Wildman–Crippen LogP) is 3.98. The van der Waals surface area contributed by atoms with E-state index >= 15 is 0 Å². The zero-order valence-electron chi connectivity index (χ0n) is 13.3. The SMILES string of the molecule is CCNc1cc(C2CCCC2)nc(C2(C)CCCCO2)n1. The minimum absolute atomic E-state index is 0.308. The van der Waals surface area contributed by atoms with Gasteiger partial charge < -0.3 is 10.1 Å². The Morgan fingerprint density at radius 2 is 2.05 bits per heavy atom. The highest BCUT2D eigenvalue weighted by molar-refractivity contribution is 5.38. The molecule has 1 N–H and O–H groups in total. The van der Waals surface area contributed by atoms with E-state index in [4.69, 9.17) is 14.7 Å². The van der Waals surface area contributed by atoms with E-state index in [1.165, 1.54) is 37.8 Å². The maximum atomic E-state index is 6.05. The summed E-state index contributed by atoms with van der Waals surface area (Å²) in [7, 11) is 0. The monoisotopic (exact) mass is 289 g/mol.